The number of nitriles is 1. The van der Waals surface area contributed by atoms with Crippen molar-refractivity contribution in [3.63, 3.8) is 0 Å². The Labute approximate surface area is 159 Å². The summed E-state index contributed by atoms with van der Waals surface area (Å²) in [5, 5.41) is 9.61. The lowest BCUT2D eigenvalue weighted by Crippen LogP contribution is -2.44. The first-order valence-corrected chi connectivity index (χ1v) is 8.99. The zero-order chi connectivity index (χ0) is 19.1. The van der Waals surface area contributed by atoms with E-state index in [0.29, 0.717) is 17.0 Å². The maximum atomic E-state index is 13.0. The average molecular weight is 356 g/mol. The van der Waals surface area contributed by atoms with E-state index in [1.807, 2.05) is 30.3 Å². The average Bonchev–Trinajstić information content (AvgIpc) is 2.71. The van der Waals surface area contributed by atoms with Crippen LogP contribution in [0.4, 0.5) is 10.5 Å². The van der Waals surface area contributed by atoms with E-state index in [1.54, 1.807) is 30.3 Å². The van der Waals surface area contributed by atoms with Gasteiger partial charge in [-0.2, -0.15) is 5.26 Å². The van der Waals surface area contributed by atoms with Crippen molar-refractivity contribution >= 4 is 17.9 Å². The Kier molecular flexibility index (Phi) is 5.92. The molecule has 0 bridgehead atoms. The molecule has 1 unspecified atom stereocenters. The summed E-state index contributed by atoms with van der Waals surface area (Å²) in [7, 11) is 0. The van der Waals surface area contributed by atoms with Gasteiger partial charge in [-0.15, -0.1) is 5.92 Å². The molecule has 0 N–H and O–H groups in total. The Morgan fingerprint density at radius 2 is 1.89 bits per heavy atom. The van der Waals surface area contributed by atoms with Crippen LogP contribution >= 0.6 is 0 Å². The molecule has 3 rings (SSSR count). The van der Waals surface area contributed by atoms with E-state index in [9.17, 15) is 10.1 Å². The van der Waals surface area contributed by atoms with Gasteiger partial charge in [0, 0.05) is 6.42 Å². The van der Waals surface area contributed by atoms with Crippen molar-refractivity contribution in [3.8, 4) is 23.7 Å². The van der Waals surface area contributed by atoms with Crippen LogP contribution in [-0.4, -0.2) is 12.1 Å². The first-order chi connectivity index (χ1) is 13.2. The number of hydrogen-bond acceptors (Lipinski definition) is 3. The summed E-state index contributed by atoms with van der Waals surface area (Å²) in [6.45, 7) is 2.10. The Morgan fingerprint density at radius 1 is 1.15 bits per heavy atom. The number of carbonyl (C=O) groups excluding carboxylic acids is 1. The van der Waals surface area contributed by atoms with Crippen LogP contribution in [0.3, 0.4) is 0 Å². The van der Waals surface area contributed by atoms with Gasteiger partial charge in [0.15, 0.2) is 0 Å². The molecule has 2 aromatic carbocycles. The van der Waals surface area contributed by atoms with Crippen LogP contribution in [-0.2, 0) is 0 Å². The second-order valence-electron chi connectivity index (χ2n) is 6.15. The van der Waals surface area contributed by atoms with Crippen molar-refractivity contribution in [2.75, 3.05) is 4.90 Å². The van der Waals surface area contributed by atoms with Gasteiger partial charge >= 0.3 is 6.09 Å². The molecule has 0 saturated carbocycles. The molecule has 27 heavy (non-hydrogen) atoms. The standard InChI is InChI=1S/C23H20N2O2/c1-2-3-4-8-14-22-19(17-24)16-18-11-9-10-15-21(18)25(22)23(26)27-20-12-6-5-7-13-20/h5-7,9-13,15-16,22H,2-4H2,1H3. The topological polar surface area (TPSA) is 53.3 Å². The molecule has 0 aromatic heterocycles. The Bertz CT molecular complexity index is 946. The van der Waals surface area contributed by atoms with Gasteiger partial charge in [0.25, 0.3) is 0 Å². The molecule has 0 saturated heterocycles. The van der Waals surface area contributed by atoms with Gasteiger partial charge in [-0.25, -0.2) is 4.79 Å². The first kappa shape index (κ1) is 18.3. The molecule has 0 radical (unpaired) electrons. The SMILES string of the molecule is CCCCC#CC1C(C#N)=Cc2ccccc2N1C(=O)Oc1ccccc1. The highest BCUT2D eigenvalue weighted by molar-refractivity contribution is 5.97. The molecule has 4 nitrogen and oxygen atoms in total. The Morgan fingerprint density at radius 3 is 2.63 bits per heavy atom. The number of fused-ring (bicyclic) bond motifs is 1. The van der Waals surface area contributed by atoms with Crippen molar-refractivity contribution in [2.24, 2.45) is 0 Å². The molecule has 0 aliphatic carbocycles. The van der Waals surface area contributed by atoms with E-state index in [4.69, 9.17) is 4.74 Å². The van der Waals surface area contributed by atoms with Crippen LogP contribution in [0.25, 0.3) is 6.08 Å². The summed E-state index contributed by atoms with van der Waals surface area (Å²) >= 11 is 0. The molecule has 0 spiro atoms. The van der Waals surface area contributed by atoms with E-state index in [2.05, 4.69) is 24.8 Å². The van der Waals surface area contributed by atoms with Gasteiger partial charge in [-0.3, -0.25) is 4.90 Å². The van der Waals surface area contributed by atoms with Crippen molar-refractivity contribution in [1.29, 1.82) is 5.26 Å². The first-order valence-electron chi connectivity index (χ1n) is 8.99. The fraction of sp³-hybridized carbons (Fsp3) is 0.217. The van der Waals surface area contributed by atoms with Crippen LogP contribution in [0.2, 0.25) is 0 Å². The van der Waals surface area contributed by atoms with Gasteiger partial charge in [0.2, 0.25) is 0 Å². The van der Waals surface area contributed by atoms with E-state index in [0.717, 1.165) is 24.8 Å². The van der Waals surface area contributed by atoms with Gasteiger partial charge < -0.3 is 4.74 Å². The molecular weight excluding hydrogens is 336 g/mol. The summed E-state index contributed by atoms with van der Waals surface area (Å²) in [5.41, 5.74) is 1.92. The van der Waals surface area contributed by atoms with Crippen LogP contribution in [0.1, 0.15) is 31.7 Å². The third-order valence-electron chi connectivity index (χ3n) is 4.23. The minimum atomic E-state index is -0.655. The molecular formula is C23H20N2O2. The molecule has 0 fully saturated rings. The monoisotopic (exact) mass is 356 g/mol. The third kappa shape index (κ3) is 4.19. The van der Waals surface area contributed by atoms with Gasteiger partial charge in [-0.1, -0.05) is 55.7 Å². The van der Waals surface area contributed by atoms with E-state index < -0.39 is 12.1 Å². The molecule has 1 amide bonds. The summed E-state index contributed by atoms with van der Waals surface area (Å²) in [6, 6.07) is 17.9. The van der Waals surface area contributed by atoms with Gasteiger partial charge in [0.1, 0.15) is 11.8 Å². The minimum Gasteiger partial charge on any atom is -0.410 e. The lowest BCUT2D eigenvalue weighted by molar-refractivity contribution is 0.207. The number of rotatable bonds is 3. The second kappa shape index (κ2) is 8.74. The zero-order valence-corrected chi connectivity index (χ0v) is 15.2. The molecule has 1 heterocycles. The summed E-state index contributed by atoms with van der Waals surface area (Å²) < 4.78 is 5.54. The van der Waals surface area contributed by atoms with Crippen molar-refractivity contribution < 1.29 is 9.53 Å². The number of nitrogens with zero attached hydrogens (tertiary/aromatic N) is 2. The van der Waals surface area contributed by atoms with E-state index in [1.165, 1.54) is 4.90 Å². The quantitative estimate of drug-likeness (QED) is 0.563. The number of benzene rings is 2. The van der Waals surface area contributed by atoms with E-state index in [-0.39, 0.29) is 0 Å². The maximum Gasteiger partial charge on any atom is 0.421 e. The molecule has 134 valence electrons. The number of carbonyl (C=O) groups is 1. The Hall–Kier alpha value is -3.50. The Balaban J connectivity index is 1.99. The number of hydrogen-bond donors (Lipinski definition) is 0. The maximum absolute atomic E-state index is 13.0. The van der Waals surface area contributed by atoms with Crippen molar-refractivity contribution in [2.45, 2.75) is 32.2 Å². The largest absolute Gasteiger partial charge is 0.421 e. The highest BCUT2D eigenvalue weighted by Gasteiger charge is 2.33. The van der Waals surface area contributed by atoms with Crippen LogP contribution in [0.15, 0.2) is 60.2 Å². The molecule has 1 atom stereocenters. The van der Waals surface area contributed by atoms with Crippen LogP contribution in [0.5, 0.6) is 5.75 Å². The highest BCUT2D eigenvalue weighted by Crippen LogP contribution is 2.33. The predicted octanol–water partition coefficient (Wildman–Crippen LogP) is 5.17. The lowest BCUT2D eigenvalue weighted by atomic mass is 9.96. The van der Waals surface area contributed by atoms with E-state index >= 15 is 0 Å². The third-order valence-corrected chi connectivity index (χ3v) is 4.23. The highest BCUT2D eigenvalue weighted by atomic mass is 16.6. The number of para-hydroxylation sites is 2. The van der Waals surface area contributed by atoms with Crippen LogP contribution in [0, 0.1) is 23.2 Å². The number of unbranched alkanes of at least 4 members (excludes halogenated alkanes) is 2. The molecule has 1 aliphatic heterocycles. The summed E-state index contributed by atoms with van der Waals surface area (Å²) in [4.78, 5) is 14.5. The second-order valence-corrected chi connectivity index (χ2v) is 6.15. The molecule has 2 aromatic rings. The number of ether oxygens (including phenoxy) is 1. The van der Waals surface area contributed by atoms with Gasteiger partial charge in [-0.05, 0) is 36.3 Å². The number of anilines is 1. The smallest absolute Gasteiger partial charge is 0.410 e. The van der Waals surface area contributed by atoms with Crippen LogP contribution < -0.4 is 9.64 Å². The van der Waals surface area contributed by atoms with Crippen molar-refractivity contribution in [3.05, 3.63) is 65.7 Å². The van der Waals surface area contributed by atoms with Crippen molar-refractivity contribution in [1.82, 2.24) is 0 Å². The van der Waals surface area contributed by atoms with Gasteiger partial charge in [0.05, 0.1) is 17.3 Å². The minimum absolute atomic E-state index is 0.433. The predicted molar refractivity (Wildman–Crippen MR) is 106 cm³/mol. The summed E-state index contributed by atoms with van der Waals surface area (Å²) in [5.74, 6) is 6.66. The normalized spacial score (nSPS) is 14.9. The zero-order valence-electron chi connectivity index (χ0n) is 15.2. The molecule has 4 heteroatoms. The fourth-order valence-electron chi connectivity index (χ4n) is 2.87. The number of amides is 1. The summed E-state index contributed by atoms with van der Waals surface area (Å²) in [6.07, 6.45) is 4.00. The lowest BCUT2D eigenvalue weighted by Gasteiger charge is -2.31. The fourth-order valence-corrected chi connectivity index (χ4v) is 2.87. The molecule has 1 aliphatic rings.